The smallest absolute Gasteiger partial charge is 0.0575 e. The summed E-state index contributed by atoms with van der Waals surface area (Å²) in [5.74, 6) is 0. The monoisotopic (exact) mass is 345 g/mol. The maximum absolute atomic E-state index is 5.83. The summed E-state index contributed by atoms with van der Waals surface area (Å²) >= 11 is 5.48. The molecular weight excluding hydrogens is 322 g/mol. The topological polar surface area (TPSA) is 21.3 Å². The predicted octanol–water partition coefficient (Wildman–Crippen LogP) is 4.38. The first kappa shape index (κ1) is 15.5. The molecule has 1 N–H and O–H groups in total. The van der Waals surface area contributed by atoms with Crippen LogP contribution in [0.5, 0.6) is 0 Å². The van der Waals surface area contributed by atoms with Gasteiger partial charge in [0.15, 0.2) is 0 Å². The number of hydrogen-bond acceptors (Lipinski definition) is 3. The molecule has 0 spiro atoms. The molecule has 108 valence electrons. The van der Waals surface area contributed by atoms with Crippen LogP contribution in [0.4, 0.5) is 0 Å². The first-order valence-electron chi connectivity index (χ1n) is 7.36. The first-order chi connectivity index (χ1) is 9.29. The number of thiophene rings is 1. The third kappa shape index (κ3) is 5.18. The van der Waals surface area contributed by atoms with Gasteiger partial charge in [-0.1, -0.05) is 6.92 Å². The molecular formula is C15H24BrNOS. The molecule has 2 heterocycles. The molecule has 0 radical (unpaired) electrons. The van der Waals surface area contributed by atoms with Crippen LogP contribution < -0.4 is 5.32 Å². The molecule has 0 amide bonds. The number of rotatable bonds is 7. The van der Waals surface area contributed by atoms with Crippen LogP contribution in [0.15, 0.2) is 15.9 Å². The van der Waals surface area contributed by atoms with Gasteiger partial charge >= 0.3 is 0 Å². The Balaban J connectivity index is 1.80. The lowest BCUT2D eigenvalue weighted by molar-refractivity contribution is 0.00862. The Bertz CT molecular complexity index is 363. The van der Waals surface area contributed by atoms with Crippen molar-refractivity contribution in [2.45, 2.75) is 57.6 Å². The summed E-state index contributed by atoms with van der Waals surface area (Å²) in [7, 11) is 0. The zero-order valence-corrected chi connectivity index (χ0v) is 14.1. The second kappa shape index (κ2) is 8.40. The fraction of sp³-hybridized carbons (Fsp3) is 0.733. The number of hydrogen-bond donors (Lipinski definition) is 1. The van der Waals surface area contributed by atoms with E-state index in [0.29, 0.717) is 12.1 Å². The molecule has 0 aromatic carbocycles. The third-order valence-electron chi connectivity index (χ3n) is 3.73. The highest BCUT2D eigenvalue weighted by Crippen LogP contribution is 2.25. The fourth-order valence-electron chi connectivity index (χ4n) is 2.68. The summed E-state index contributed by atoms with van der Waals surface area (Å²) < 4.78 is 7.09. The molecule has 1 aromatic rings. The van der Waals surface area contributed by atoms with Crippen molar-refractivity contribution in [1.82, 2.24) is 5.32 Å². The maximum atomic E-state index is 5.83. The largest absolute Gasteiger partial charge is 0.378 e. The van der Waals surface area contributed by atoms with Gasteiger partial charge in [-0.05, 0) is 72.4 Å². The highest BCUT2D eigenvalue weighted by Gasteiger charge is 2.17. The van der Waals surface area contributed by atoms with E-state index in [1.807, 2.05) is 11.3 Å². The van der Waals surface area contributed by atoms with Crippen LogP contribution in [0.25, 0.3) is 0 Å². The zero-order valence-electron chi connectivity index (χ0n) is 11.7. The summed E-state index contributed by atoms with van der Waals surface area (Å²) in [6.45, 7) is 4.19. The lowest BCUT2D eigenvalue weighted by Gasteiger charge is -2.25. The van der Waals surface area contributed by atoms with Gasteiger partial charge in [0.1, 0.15) is 0 Å². The van der Waals surface area contributed by atoms with Crippen LogP contribution in [-0.2, 0) is 11.2 Å². The van der Waals surface area contributed by atoms with E-state index >= 15 is 0 Å². The summed E-state index contributed by atoms with van der Waals surface area (Å²) in [5.41, 5.74) is 0. The van der Waals surface area contributed by atoms with Crippen molar-refractivity contribution < 1.29 is 4.74 Å². The first-order valence-corrected chi connectivity index (χ1v) is 9.03. The molecule has 1 aliphatic heterocycles. The van der Waals surface area contributed by atoms with Crippen molar-refractivity contribution in [2.24, 2.45) is 0 Å². The SMILES string of the molecule is CCNC(CCC1CCCCO1)Cc1sccc1Br. The normalized spacial score (nSPS) is 21.5. The van der Waals surface area contributed by atoms with E-state index in [4.69, 9.17) is 4.74 Å². The Morgan fingerprint density at radius 1 is 1.53 bits per heavy atom. The van der Waals surface area contributed by atoms with Gasteiger partial charge in [-0.3, -0.25) is 0 Å². The molecule has 2 rings (SSSR count). The quantitative estimate of drug-likeness (QED) is 0.791. The van der Waals surface area contributed by atoms with Crippen LogP contribution in [-0.4, -0.2) is 25.3 Å². The van der Waals surface area contributed by atoms with Gasteiger partial charge < -0.3 is 10.1 Å². The van der Waals surface area contributed by atoms with Crippen LogP contribution in [0.3, 0.4) is 0 Å². The summed E-state index contributed by atoms with van der Waals surface area (Å²) in [6.07, 6.45) is 7.87. The highest BCUT2D eigenvalue weighted by atomic mass is 79.9. The molecule has 4 heteroatoms. The molecule has 1 aliphatic rings. The highest BCUT2D eigenvalue weighted by molar-refractivity contribution is 9.10. The minimum absolute atomic E-state index is 0.502. The Kier molecular flexibility index (Phi) is 6.85. The lowest BCUT2D eigenvalue weighted by atomic mass is 9.99. The third-order valence-corrected chi connectivity index (χ3v) is 5.68. The van der Waals surface area contributed by atoms with E-state index in [2.05, 4.69) is 39.6 Å². The van der Waals surface area contributed by atoms with Crippen molar-refractivity contribution in [3.63, 3.8) is 0 Å². The van der Waals surface area contributed by atoms with Gasteiger partial charge in [-0.2, -0.15) is 0 Å². The second-order valence-electron chi connectivity index (χ2n) is 5.22. The van der Waals surface area contributed by atoms with Crippen LogP contribution in [0, 0.1) is 0 Å². The summed E-state index contributed by atoms with van der Waals surface area (Å²) in [4.78, 5) is 1.45. The molecule has 19 heavy (non-hydrogen) atoms. The van der Waals surface area contributed by atoms with Gasteiger partial charge in [0.2, 0.25) is 0 Å². The molecule has 1 fully saturated rings. The van der Waals surface area contributed by atoms with Crippen molar-refractivity contribution in [3.8, 4) is 0 Å². The molecule has 2 atom stereocenters. The van der Waals surface area contributed by atoms with Crippen molar-refractivity contribution >= 4 is 27.3 Å². The van der Waals surface area contributed by atoms with E-state index < -0.39 is 0 Å². The van der Waals surface area contributed by atoms with E-state index in [-0.39, 0.29) is 0 Å². The van der Waals surface area contributed by atoms with E-state index in [9.17, 15) is 0 Å². The zero-order chi connectivity index (χ0) is 13.5. The van der Waals surface area contributed by atoms with E-state index in [1.54, 1.807) is 0 Å². The van der Waals surface area contributed by atoms with E-state index in [1.165, 1.54) is 41.5 Å². The van der Waals surface area contributed by atoms with Crippen molar-refractivity contribution in [3.05, 3.63) is 20.8 Å². The predicted molar refractivity (Wildman–Crippen MR) is 86.0 cm³/mol. The summed E-state index contributed by atoms with van der Waals surface area (Å²) in [5, 5.41) is 5.78. The summed E-state index contributed by atoms with van der Waals surface area (Å²) in [6, 6.07) is 2.72. The molecule has 0 saturated carbocycles. The van der Waals surface area contributed by atoms with Gasteiger partial charge in [0, 0.05) is 22.0 Å². The Labute approximate surface area is 129 Å². The number of ether oxygens (including phenoxy) is 1. The number of nitrogens with one attached hydrogen (secondary N) is 1. The maximum Gasteiger partial charge on any atom is 0.0575 e. The van der Waals surface area contributed by atoms with Crippen molar-refractivity contribution in [1.29, 1.82) is 0 Å². The number of halogens is 1. The second-order valence-corrected chi connectivity index (χ2v) is 7.07. The van der Waals surface area contributed by atoms with Gasteiger partial charge in [-0.25, -0.2) is 0 Å². The minimum atomic E-state index is 0.502. The Morgan fingerprint density at radius 3 is 3.05 bits per heavy atom. The van der Waals surface area contributed by atoms with Gasteiger partial charge in [-0.15, -0.1) is 11.3 Å². The van der Waals surface area contributed by atoms with Crippen LogP contribution >= 0.6 is 27.3 Å². The standard InChI is InChI=1S/C15H24BrNOS/c1-2-17-12(11-15-14(16)8-10-19-15)6-7-13-5-3-4-9-18-13/h8,10,12-13,17H,2-7,9,11H2,1H3. The molecule has 0 aliphatic carbocycles. The lowest BCUT2D eigenvalue weighted by Crippen LogP contribution is -2.32. The van der Waals surface area contributed by atoms with Gasteiger partial charge in [0.05, 0.1) is 6.10 Å². The minimum Gasteiger partial charge on any atom is -0.378 e. The van der Waals surface area contributed by atoms with Crippen LogP contribution in [0.1, 0.15) is 43.9 Å². The Morgan fingerprint density at radius 2 is 2.42 bits per heavy atom. The number of likely N-dealkylation sites (N-methyl/N-ethyl adjacent to an activating group) is 1. The van der Waals surface area contributed by atoms with Gasteiger partial charge in [0.25, 0.3) is 0 Å². The average molecular weight is 346 g/mol. The average Bonchev–Trinajstić information content (AvgIpc) is 2.83. The molecule has 0 bridgehead atoms. The molecule has 2 nitrogen and oxygen atoms in total. The molecule has 2 unspecified atom stereocenters. The van der Waals surface area contributed by atoms with E-state index in [0.717, 1.165) is 19.6 Å². The molecule has 1 aromatic heterocycles. The molecule has 1 saturated heterocycles. The Hall–Kier alpha value is 0.100. The van der Waals surface area contributed by atoms with Crippen molar-refractivity contribution in [2.75, 3.05) is 13.2 Å². The van der Waals surface area contributed by atoms with Crippen LogP contribution in [0.2, 0.25) is 0 Å². The fourth-order valence-corrected chi connectivity index (χ4v) is 4.28.